The molecule has 0 spiro atoms. The molecule has 2 N–H and O–H groups in total. The third kappa shape index (κ3) is 7.31. The molecular weight excluding hydrogens is 259 g/mol. The Morgan fingerprint density at radius 3 is 2.06 bits per heavy atom. The van der Waals surface area contributed by atoms with E-state index in [0.717, 1.165) is 37.7 Å². The number of halogens is 2. The summed E-state index contributed by atoms with van der Waals surface area (Å²) in [6.45, 7) is 8.16. The molecule has 0 aromatic heterocycles. The van der Waals surface area contributed by atoms with E-state index < -0.39 is 0 Å². The van der Waals surface area contributed by atoms with Crippen LogP contribution in [-0.2, 0) is 0 Å². The molecule has 0 saturated heterocycles. The van der Waals surface area contributed by atoms with Crippen molar-refractivity contribution in [1.29, 1.82) is 0 Å². The topological polar surface area (TPSA) is 38.5 Å². The normalized spacial score (nSPS) is 9.35. The molecule has 0 saturated carbocycles. The lowest BCUT2D eigenvalue weighted by Crippen LogP contribution is -2.27. The average Bonchev–Trinajstić information content (AvgIpc) is 2.27. The lowest BCUT2D eigenvalue weighted by atomic mass is 10.3. The van der Waals surface area contributed by atoms with Crippen LogP contribution in [0.25, 0.3) is 0 Å². The minimum atomic E-state index is 0. The Balaban J connectivity index is 0. The molecular formula is C12H22Cl2N2O. The first-order chi connectivity index (χ1) is 7.26. The summed E-state index contributed by atoms with van der Waals surface area (Å²) in [5, 5.41) is 0. The average molecular weight is 281 g/mol. The van der Waals surface area contributed by atoms with Crippen LogP contribution in [0.5, 0.6) is 5.75 Å². The van der Waals surface area contributed by atoms with Gasteiger partial charge in [-0.15, -0.1) is 24.8 Å². The lowest BCUT2D eigenvalue weighted by molar-refractivity contribution is 0.223. The van der Waals surface area contributed by atoms with E-state index in [0.29, 0.717) is 0 Å². The van der Waals surface area contributed by atoms with E-state index >= 15 is 0 Å². The Morgan fingerprint density at radius 1 is 1.06 bits per heavy atom. The van der Waals surface area contributed by atoms with Crippen molar-refractivity contribution in [3.63, 3.8) is 0 Å². The number of hydrogen-bond donors (Lipinski definition) is 1. The number of nitrogens with two attached hydrogens (primary N) is 1. The van der Waals surface area contributed by atoms with E-state index in [2.05, 4.69) is 18.7 Å². The van der Waals surface area contributed by atoms with Gasteiger partial charge in [-0.3, -0.25) is 0 Å². The molecule has 1 rings (SSSR count). The fourth-order valence-electron chi connectivity index (χ4n) is 1.40. The van der Waals surface area contributed by atoms with Gasteiger partial charge in [0.25, 0.3) is 0 Å². The summed E-state index contributed by atoms with van der Waals surface area (Å²) < 4.78 is 5.60. The molecule has 0 fully saturated rings. The summed E-state index contributed by atoms with van der Waals surface area (Å²) in [6.07, 6.45) is 0. The molecule has 0 radical (unpaired) electrons. The molecule has 1 aromatic rings. The number of anilines is 1. The Hall–Kier alpha value is -0.640. The van der Waals surface area contributed by atoms with Crippen molar-refractivity contribution in [2.24, 2.45) is 0 Å². The van der Waals surface area contributed by atoms with Crippen molar-refractivity contribution in [1.82, 2.24) is 4.90 Å². The number of nitrogen functional groups attached to an aromatic ring is 1. The third-order valence-electron chi connectivity index (χ3n) is 2.45. The van der Waals surface area contributed by atoms with Gasteiger partial charge in [-0.05, 0) is 37.4 Å². The second-order valence-electron chi connectivity index (χ2n) is 3.44. The smallest absolute Gasteiger partial charge is 0.119 e. The maximum Gasteiger partial charge on any atom is 0.119 e. The van der Waals surface area contributed by atoms with Gasteiger partial charge in [0, 0.05) is 12.2 Å². The Labute approximate surface area is 116 Å². The summed E-state index contributed by atoms with van der Waals surface area (Å²) >= 11 is 0. The van der Waals surface area contributed by atoms with Crippen LogP contribution in [0.4, 0.5) is 5.69 Å². The van der Waals surface area contributed by atoms with Crippen LogP contribution in [0.2, 0.25) is 0 Å². The molecule has 0 amide bonds. The summed E-state index contributed by atoms with van der Waals surface area (Å²) in [5.41, 5.74) is 6.35. The number of nitrogens with zero attached hydrogens (tertiary/aromatic N) is 1. The van der Waals surface area contributed by atoms with Crippen LogP contribution in [0.15, 0.2) is 24.3 Å². The molecule has 3 nitrogen and oxygen atoms in total. The van der Waals surface area contributed by atoms with Crippen LogP contribution >= 0.6 is 24.8 Å². The Bertz CT molecular complexity index is 276. The van der Waals surface area contributed by atoms with Crippen LogP contribution in [0, 0.1) is 0 Å². The van der Waals surface area contributed by atoms with Gasteiger partial charge in [0.1, 0.15) is 12.4 Å². The van der Waals surface area contributed by atoms with Crippen molar-refractivity contribution in [2.75, 3.05) is 32.0 Å². The molecule has 0 atom stereocenters. The van der Waals surface area contributed by atoms with Crippen LogP contribution in [0.3, 0.4) is 0 Å². The van der Waals surface area contributed by atoms with E-state index in [1.807, 2.05) is 24.3 Å². The van der Waals surface area contributed by atoms with Crippen LogP contribution in [0.1, 0.15) is 13.8 Å². The number of rotatable bonds is 6. The van der Waals surface area contributed by atoms with Crippen LogP contribution < -0.4 is 10.5 Å². The van der Waals surface area contributed by atoms with Gasteiger partial charge < -0.3 is 15.4 Å². The standard InChI is InChI=1S/C12H20N2O.2ClH/c1-3-14(4-2)9-10-15-12-7-5-11(13)6-8-12;;/h5-8H,3-4,9-10,13H2,1-2H3;2*1H. The summed E-state index contributed by atoms with van der Waals surface area (Å²) in [5.74, 6) is 0.886. The van der Waals surface area contributed by atoms with Crippen LogP contribution in [-0.4, -0.2) is 31.1 Å². The molecule has 0 bridgehead atoms. The molecule has 100 valence electrons. The zero-order valence-corrected chi connectivity index (χ0v) is 12.0. The molecule has 17 heavy (non-hydrogen) atoms. The minimum Gasteiger partial charge on any atom is -0.492 e. The number of likely N-dealkylation sites (N-methyl/N-ethyl adjacent to an activating group) is 1. The van der Waals surface area contributed by atoms with Gasteiger partial charge in [0.2, 0.25) is 0 Å². The SMILES string of the molecule is CCN(CC)CCOc1ccc(N)cc1.Cl.Cl. The first-order valence-electron chi connectivity index (χ1n) is 5.47. The zero-order valence-electron chi connectivity index (χ0n) is 10.4. The Kier molecular flexibility index (Phi) is 11.6. The van der Waals surface area contributed by atoms with E-state index in [4.69, 9.17) is 10.5 Å². The molecule has 5 heteroatoms. The van der Waals surface area contributed by atoms with E-state index in [1.54, 1.807) is 0 Å². The zero-order chi connectivity index (χ0) is 11.1. The largest absolute Gasteiger partial charge is 0.492 e. The second-order valence-corrected chi connectivity index (χ2v) is 3.44. The van der Waals surface area contributed by atoms with Crippen molar-refractivity contribution in [3.8, 4) is 5.75 Å². The first-order valence-corrected chi connectivity index (χ1v) is 5.47. The quantitative estimate of drug-likeness (QED) is 0.815. The molecule has 0 aliphatic carbocycles. The lowest BCUT2D eigenvalue weighted by Gasteiger charge is -2.17. The fraction of sp³-hybridized carbons (Fsp3) is 0.500. The third-order valence-corrected chi connectivity index (χ3v) is 2.45. The summed E-state index contributed by atoms with van der Waals surface area (Å²) in [4.78, 5) is 2.33. The van der Waals surface area contributed by atoms with E-state index in [9.17, 15) is 0 Å². The van der Waals surface area contributed by atoms with E-state index in [-0.39, 0.29) is 24.8 Å². The van der Waals surface area contributed by atoms with E-state index in [1.165, 1.54) is 0 Å². The molecule has 0 unspecified atom stereocenters. The highest BCUT2D eigenvalue weighted by Gasteiger charge is 1.99. The van der Waals surface area contributed by atoms with Gasteiger partial charge in [-0.25, -0.2) is 0 Å². The highest BCUT2D eigenvalue weighted by molar-refractivity contribution is 5.85. The number of hydrogen-bond acceptors (Lipinski definition) is 3. The van der Waals surface area contributed by atoms with Gasteiger partial charge in [0.05, 0.1) is 0 Å². The summed E-state index contributed by atoms with van der Waals surface area (Å²) in [7, 11) is 0. The number of ether oxygens (including phenoxy) is 1. The van der Waals surface area contributed by atoms with Crippen molar-refractivity contribution in [2.45, 2.75) is 13.8 Å². The van der Waals surface area contributed by atoms with Gasteiger partial charge in [-0.1, -0.05) is 13.8 Å². The molecule has 1 aromatic carbocycles. The highest BCUT2D eigenvalue weighted by atomic mass is 35.5. The van der Waals surface area contributed by atoms with Crippen molar-refractivity contribution in [3.05, 3.63) is 24.3 Å². The maximum absolute atomic E-state index is 5.60. The predicted octanol–water partition coefficient (Wildman–Crippen LogP) is 2.83. The van der Waals surface area contributed by atoms with Gasteiger partial charge in [0.15, 0.2) is 0 Å². The predicted molar refractivity (Wildman–Crippen MR) is 78.6 cm³/mol. The maximum atomic E-state index is 5.60. The number of benzene rings is 1. The molecule has 0 aliphatic rings. The fourth-order valence-corrected chi connectivity index (χ4v) is 1.40. The second kappa shape index (κ2) is 10.5. The van der Waals surface area contributed by atoms with Crippen molar-refractivity contribution >= 4 is 30.5 Å². The summed E-state index contributed by atoms with van der Waals surface area (Å²) in [6, 6.07) is 7.51. The Morgan fingerprint density at radius 2 is 1.59 bits per heavy atom. The first kappa shape index (κ1) is 18.7. The highest BCUT2D eigenvalue weighted by Crippen LogP contribution is 2.12. The minimum absolute atomic E-state index is 0. The molecule has 0 heterocycles. The van der Waals surface area contributed by atoms with Gasteiger partial charge >= 0.3 is 0 Å². The van der Waals surface area contributed by atoms with Crippen molar-refractivity contribution < 1.29 is 4.74 Å². The molecule has 0 aliphatic heterocycles. The van der Waals surface area contributed by atoms with Gasteiger partial charge in [-0.2, -0.15) is 0 Å². The monoisotopic (exact) mass is 280 g/mol.